The van der Waals surface area contributed by atoms with Gasteiger partial charge in [0.05, 0.1) is 14.9 Å². The fourth-order valence-corrected chi connectivity index (χ4v) is 5.63. The highest BCUT2D eigenvalue weighted by atomic mass is 127. The van der Waals surface area contributed by atoms with Gasteiger partial charge in [-0.3, -0.25) is 14.4 Å². The average molecular weight is 672 g/mol. The monoisotopic (exact) mass is 672 g/mol. The van der Waals surface area contributed by atoms with E-state index in [-0.39, 0.29) is 0 Å². The molecule has 0 aliphatic carbocycles. The highest BCUT2D eigenvalue weighted by Crippen LogP contribution is 2.40. The van der Waals surface area contributed by atoms with E-state index in [1.165, 1.54) is 20.8 Å². The van der Waals surface area contributed by atoms with Gasteiger partial charge in [0.2, 0.25) is 5.78 Å². The normalized spacial score (nSPS) is 13.1. The zero-order valence-electron chi connectivity index (χ0n) is 13.0. The molecule has 0 heterocycles. The van der Waals surface area contributed by atoms with Crippen LogP contribution in [0.5, 0.6) is 0 Å². The van der Waals surface area contributed by atoms with Crippen LogP contribution in [0.2, 0.25) is 0 Å². The van der Waals surface area contributed by atoms with E-state index in [0.29, 0.717) is 27.6 Å². The molecule has 0 amide bonds. The van der Waals surface area contributed by atoms with Gasteiger partial charge in [0, 0.05) is 26.6 Å². The van der Waals surface area contributed by atoms with Crippen LogP contribution in [0, 0.1) is 10.7 Å². The van der Waals surface area contributed by atoms with E-state index in [1.54, 1.807) is 0 Å². The first kappa shape index (κ1) is 21.7. The van der Waals surface area contributed by atoms with Crippen LogP contribution in [0.25, 0.3) is 0 Å². The topological polar surface area (TPSA) is 122 Å². The Bertz CT molecular complexity index is 679. The van der Waals surface area contributed by atoms with Crippen LogP contribution in [0.1, 0.15) is 32.4 Å². The molecule has 2 atom stereocenters. The number of halogens is 3. The molecule has 1 aromatic rings. The van der Waals surface area contributed by atoms with Crippen LogP contribution < -0.4 is 11.5 Å². The second-order valence-electron chi connectivity index (χ2n) is 4.83. The summed E-state index contributed by atoms with van der Waals surface area (Å²) < 4.78 is 11.9. The largest absolute Gasteiger partial charge is 0.455 e. The Morgan fingerprint density at radius 3 is 1.67 bits per heavy atom. The van der Waals surface area contributed by atoms with E-state index >= 15 is 0 Å². The smallest absolute Gasteiger partial charge is 0.303 e. The summed E-state index contributed by atoms with van der Waals surface area (Å²) in [5.41, 5.74) is 13.3. The second-order valence-corrected chi connectivity index (χ2v) is 8.06. The number of ether oxygens (including phenoxy) is 2. The molecule has 0 saturated carbocycles. The first-order valence-corrected chi connectivity index (χ1v) is 9.82. The first-order chi connectivity index (χ1) is 11.0. The number of esters is 2. The molecular weight excluding hydrogens is 657 g/mol. The van der Waals surface area contributed by atoms with Gasteiger partial charge in [0.15, 0.2) is 12.2 Å². The summed E-state index contributed by atoms with van der Waals surface area (Å²) in [6.45, 7) is 3.80. The summed E-state index contributed by atoms with van der Waals surface area (Å²) in [7, 11) is 0. The number of benzene rings is 1. The minimum absolute atomic E-state index is 0.394. The molecule has 7 nitrogen and oxygen atoms in total. The first-order valence-electron chi connectivity index (χ1n) is 6.58. The Morgan fingerprint density at radius 2 is 1.29 bits per heavy atom. The van der Waals surface area contributed by atoms with Crippen LogP contribution in [-0.2, 0) is 23.9 Å². The zero-order valence-corrected chi connectivity index (χ0v) is 19.5. The third kappa shape index (κ3) is 4.83. The zero-order chi connectivity index (χ0) is 18.8. The number of hydrogen-bond donors (Lipinski definition) is 2. The fourth-order valence-electron chi connectivity index (χ4n) is 1.90. The van der Waals surface area contributed by atoms with E-state index in [2.05, 4.69) is 0 Å². The molecule has 10 heteroatoms. The minimum atomic E-state index is -1.27. The lowest BCUT2D eigenvalue weighted by atomic mass is 10.0. The minimum Gasteiger partial charge on any atom is -0.455 e. The van der Waals surface area contributed by atoms with Gasteiger partial charge in [-0.25, -0.2) is 0 Å². The summed E-state index contributed by atoms with van der Waals surface area (Å²) in [5.74, 6) is -1.83. The van der Waals surface area contributed by atoms with Crippen LogP contribution in [0.3, 0.4) is 0 Å². The third-order valence-corrected chi connectivity index (χ3v) is 6.45. The van der Waals surface area contributed by atoms with Crippen LogP contribution in [0.4, 0.5) is 11.4 Å². The molecule has 0 fully saturated rings. The van der Waals surface area contributed by atoms with Gasteiger partial charge >= 0.3 is 11.9 Å². The number of Topliss-reactive ketones (excluding diaryl/α,β-unsaturated/α-hetero) is 1. The SMILES string of the molecule is CC(=O)OC(C)C(=O)C(OC(C)=O)c1c(I)c(N)c(I)c(N)c1I. The van der Waals surface area contributed by atoms with Gasteiger partial charge in [0.25, 0.3) is 0 Å². The molecule has 1 rings (SSSR count). The van der Waals surface area contributed by atoms with E-state index in [9.17, 15) is 14.4 Å². The summed E-state index contributed by atoms with van der Waals surface area (Å²) in [6, 6.07) is 0. The lowest BCUT2D eigenvalue weighted by molar-refractivity contribution is -0.162. The Kier molecular flexibility index (Phi) is 7.96. The summed E-state index contributed by atoms with van der Waals surface area (Å²) >= 11 is 5.96. The highest BCUT2D eigenvalue weighted by Gasteiger charge is 2.35. The van der Waals surface area contributed by atoms with Gasteiger partial charge in [-0.2, -0.15) is 0 Å². The molecule has 0 aromatic heterocycles. The van der Waals surface area contributed by atoms with Crippen molar-refractivity contribution < 1.29 is 23.9 Å². The molecule has 0 aliphatic rings. The van der Waals surface area contributed by atoms with E-state index in [0.717, 1.165) is 0 Å². The van der Waals surface area contributed by atoms with Gasteiger partial charge in [-0.1, -0.05) is 0 Å². The molecule has 0 radical (unpaired) electrons. The van der Waals surface area contributed by atoms with Gasteiger partial charge in [-0.05, 0) is 74.7 Å². The number of anilines is 2. The number of ketones is 1. The van der Waals surface area contributed by atoms with Crippen molar-refractivity contribution in [3.8, 4) is 0 Å². The second kappa shape index (κ2) is 8.82. The van der Waals surface area contributed by atoms with Gasteiger partial charge in [0.1, 0.15) is 0 Å². The van der Waals surface area contributed by atoms with Crippen molar-refractivity contribution in [1.29, 1.82) is 0 Å². The number of nitrogen functional groups attached to an aromatic ring is 2. The van der Waals surface area contributed by atoms with Crippen LogP contribution in [-0.4, -0.2) is 23.8 Å². The van der Waals surface area contributed by atoms with Crippen molar-refractivity contribution in [2.24, 2.45) is 0 Å². The summed E-state index contributed by atoms with van der Waals surface area (Å²) in [6.07, 6.45) is -2.35. The molecule has 0 spiro atoms. The maximum absolute atomic E-state index is 12.7. The molecule has 2 unspecified atom stereocenters. The summed E-state index contributed by atoms with van der Waals surface area (Å²) in [5, 5.41) is 0. The Hall–Kier alpha value is -0.380. The number of rotatable bonds is 5. The third-order valence-electron chi connectivity index (χ3n) is 2.97. The molecule has 0 aliphatic heterocycles. The lowest BCUT2D eigenvalue weighted by Gasteiger charge is -2.24. The fraction of sp³-hybridized carbons (Fsp3) is 0.357. The maximum atomic E-state index is 12.7. The average Bonchev–Trinajstić information content (AvgIpc) is 2.48. The van der Waals surface area contributed by atoms with Gasteiger partial charge < -0.3 is 20.9 Å². The Labute approximate surface area is 180 Å². The standard InChI is InChI=1S/C14H15I3N2O5/c1-4(23-5(2)20)13(22)14(24-6(3)21)7-8(15)11(18)10(17)12(19)9(7)16/h4,14H,18-19H2,1-3H3. The van der Waals surface area contributed by atoms with E-state index in [4.69, 9.17) is 20.9 Å². The lowest BCUT2D eigenvalue weighted by Crippen LogP contribution is -2.32. The number of carbonyl (C=O) groups is 3. The van der Waals surface area contributed by atoms with E-state index in [1.807, 2.05) is 67.8 Å². The van der Waals surface area contributed by atoms with Crippen molar-refractivity contribution in [3.63, 3.8) is 0 Å². The highest BCUT2D eigenvalue weighted by molar-refractivity contribution is 14.1. The van der Waals surface area contributed by atoms with Crippen molar-refractivity contribution in [3.05, 3.63) is 16.3 Å². The van der Waals surface area contributed by atoms with Gasteiger partial charge in [-0.15, -0.1) is 0 Å². The quantitative estimate of drug-likeness (QED) is 0.281. The molecule has 1 aromatic carbocycles. The number of nitrogens with two attached hydrogens (primary N) is 2. The molecule has 24 heavy (non-hydrogen) atoms. The van der Waals surface area contributed by atoms with Crippen molar-refractivity contribution in [2.45, 2.75) is 33.0 Å². The van der Waals surface area contributed by atoms with Crippen molar-refractivity contribution in [2.75, 3.05) is 11.5 Å². The predicted octanol–water partition coefficient (Wildman–Crippen LogP) is 2.79. The molecular formula is C14H15I3N2O5. The van der Waals surface area contributed by atoms with Crippen LogP contribution >= 0.6 is 67.8 Å². The number of hydrogen-bond acceptors (Lipinski definition) is 7. The molecule has 0 saturated heterocycles. The van der Waals surface area contributed by atoms with Crippen molar-refractivity contribution in [1.82, 2.24) is 0 Å². The number of carbonyl (C=O) groups excluding carboxylic acids is 3. The molecule has 4 N–H and O–H groups in total. The maximum Gasteiger partial charge on any atom is 0.303 e. The Morgan fingerprint density at radius 1 is 0.875 bits per heavy atom. The predicted molar refractivity (Wildman–Crippen MR) is 114 cm³/mol. The van der Waals surface area contributed by atoms with Crippen LogP contribution in [0.15, 0.2) is 0 Å². The van der Waals surface area contributed by atoms with Crippen molar-refractivity contribution >= 4 is 96.9 Å². The molecule has 0 bridgehead atoms. The van der Waals surface area contributed by atoms with E-state index < -0.39 is 29.9 Å². The summed E-state index contributed by atoms with van der Waals surface area (Å²) in [4.78, 5) is 35.3. The molecule has 132 valence electrons. The Balaban J connectivity index is 3.50.